The molecule has 2 N–H and O–H groups in total. The maximum atomic E-state index is 13.2. The third-order valence-electron chi connectivity index (χ3n) is 6.28. The molecule has 0 bridgehead atoms. The van der Waals surface area contributed by atoms with Gasteiger partial charge in [-0.15, -0.1) is 0 Å². The van der Waals surface area contributed by atoms with Gasteiger partial charge in [-0.25, -0.2) is 4.98 Å². The number of amides is 1. The van der Waals surface area contributed by atoms with Crippen LogP contribution in [0.5, 0.6) is 5.75 Å². The Balaban J connectivity index is 1.43. The lowest BCUT2D eigenvalue weighted by atomic mass is 9.92. The molecule has 5 nitrogen and oxygen atoms in total. The summed E-state index contributed by atoms with van der Waals surface area (Å²) in [4.78, 5) is 19.6. The van der Waals surface area contributed by atoms with Crippen LogP contribution in [-0.4, -0.2) is 40.4 Å². The number of carbonyl (C=O) groups excluding carboxylic acids is 1. The van der Waals surface area contributed by atoms with Gasteiger partial charge in [0.25, 0.3) is 5.91 Å². The Kier molecular flexibility index (Phi) is 6.04. The van der Waals surface area contributed by atoms with Crippen molar-refractivity contribution in [2.24, 2.45) is 0 Å². The van der Waals surface area contributed by atoms with Crippen molar-refractivity contribution in [3.8, 4) is 16.9 Å². The number of nitrogens with zero attached hydrogens (tertiary/aromatic N) is 2. The third-order valence-corrected chi connectivity index (χ3v) is 7.33. The first-order valence-corrected chi connectivity index (χ1v) is 12.3. The standard InChI is InChI=1S/C26H27N3O2S/c27-25-23(14-21(16-28-25)19-8-12-32-13-9-19)20-6-7-22-24(15-20)31-11-10-29(26(22)30)17-18-4-2-1-3-5-18/h1-7,14-16,19H,8-13,17H2,(H2,27,28). The van der Waals surface area contributed by atoms with Crippen LogP contribution in [0.1, 0.15) is 40.2 Å². The summed E-state index contributed by atoms with van der Waals surface area (Å²) in [5, 5.41) is 0. The number of fused-ring (bicyclic) bond motifs is 1. The van der Waals surface area contributed by atoms with E-state index in [0.717, 1.165) is 16.7 Å². The van der Waals surface area contributed by atoms with Crippen LogP contribution in [0, 0.1) is 0 Å². The zero-order valence-electron chi connectivity index (χ0n) is 18.0. The van der Waals surface area contributed by atoms with Crippen molar-refractivity contribution in [3.63, 3.8) is 0 Å². The van der Waals surface area contributed by atoms with Crippen molar-refractivity contribution in [1.82, 2.24) is 9.88 Å². The van der Waals surface area contributed by atoms with Crippen LogP contribution in [0.25, 0.3) is 11.1 Å². The SMILES string of the molecule is Nc1ncc(C2CCSCC2)cc1-c1ccc2c(c1)OCCN(Cc1ccccc1)C2=O. The van der Waals surface area contributed by atoms with E-state index in [1.807, 2.05) is 71.4 Å². The van der Waals surface area contributed by atoms with Crippen LogP contribution < -0.4 is 10.5 Å². The van der Waals surface area contributed by atoms with Crippen molar-refractivity contribution >= 4 is 23.5 Å². The Morgan fingerprint density at radius 2 is 1.88 bits per heavy atom. The minimum Gasteiger partial charge on any atom is -0.491 e. The number of thioether (sulfide) groups is 1. The number of benzene rings is 2. The first-order chi connectivity index (χ1) is 15.7. The Morgan fingerprint density at radius 3 is 2.69 bits per heavy atom. The number of hydrogen-bond acceptors (Lipinski definition) is 5. The predicted octanol–water partition coefficient (Wildman–Crippen LogP) is 4.98. The Morgan fingerprint density at radius 1 is 1.06 bits per heavy atom. The lowest BCUT2D eigenvalue weighted by Crippen LogP contribution is -2.31. The van der Waals surface area contributed by atoms with E-state index in [9.17, 15) is 4.79 Å². The van der Waals surface area contributed by atoms with Crippen LogP contribution >= 0.6 is 11.8 Å². The molecule has 3 aromatic rings. The molecule has 32 heavy (non-hydrogen) atoms. The number of nitrogens with two attached hydrogens (primary N) is 1. The lowest BCUT2D eigenvalue weighted by molar-refractivity contribution is 0.0743. The molecule has 2 aliphatic rings. The summed E-state index contributed by atoms with van der Waals surface area (Å²) in [7, 11) is 0. The van der Waals surface area contributed by atoms with Gasteiger partial charge in [0.15, 0.2) is 0 Å². The molecule has 1 aromatic heterocycles. The maximum Gasteiger partial charge on any atom is 0.258 e. The van der Waals surface area contributed by atoms with Gasteiger partial charge in [0.05, 0.1) is 12.1 Å². The summed E-state index contributed by atoms with van der Waals surface area (Å²) in [5.74, 6) is 4.03. The molecule has 3 heterocycles. The average Bonchev–Trinajstić information content (AvgIpc) is 2.99. The smallest absolute Gasteiger partial charge is 0.258 e. The average molecular weight is 446 g/mol. The molecule has 164 valence electrons. The van der Waals surface area contributed by atoms with E-state index in [1.54, 1.807) is 0 Å². The molecule has 0 saturated carbocycles. The number of ether oxygens (including phenoxy) is 1. The molecule has 0 spiro atoms. The third kappa shape index (κ3) is 4.32. The van der Waals surface area contributed by atoms with Crippen molar-refractivity contribution in [2.45, 2.75) is 25.3 Å². The Hall–Kier alpha value is -2.99. The van der Waals surface area contributed by atoms with Gasteiger partial charge in [-0.3, -0.25) is 4.79 Å². The topological polar surface area (TPSA) is 68.5 Å². The molecule has 0 aliphatic carbocycles. The van der Waals surface area contributed by atoms with Crippen molar-refractivity contribution in [2.75, 3.05) is 30.4 Å². The summed E-state index contributed by atoms with van der Waals surface area (Å²) in [6, 6.07) is 18.0. The molecule has 0 atom stereocenters. The highest BCUT2D eigenvalue weighted by molar-refractivity contribution is 7.99. The van der Waals surface area contributed by atoms with Gasteiger partial charge in [0.1, 0.15) is 18.2 Å². The molecule has 1 fully saturated rings. The summed E-state index contributed by atoms with van der Waals surface area (Å²) >= 11 is 2.02. The molecule has 5 rings (SSSR count). The summed E-state index contributed by atoms with van der Waals surface area (Å²) in [6.45, 7) is 1.59. The molecular weight excluding hydrogens is 418 g/mol. The van der Waals surface area contributed by atoms with Crippen molar-refractivity contribution < 1.29 is 9.53 Å². The highest BCUT2D eigenvalue weighted by atomic mass is 32.2. The van der Waals surface area contributed by atoms with Gasteiger partial charge in [-0.2, -0.15) is 11.8 Å². The van der Waals surface area contributed by atoms with E-state index in [-0.39, 0.29) is 5.91 Å². The van der Waals surface area contributed by atoms with Gasteiger partial charge in [0, 0.05) is 18.3 Å². The number of aromatic nitrogens is 1. The van der Waals surface area contributed by atoms with Crippen LogP contribution in [0.2, 0.25) is 0 Å². The quantitative estimate of drug-likeness (QED) is 0.614. The molecule has 0 unspecified atom stereocenters. The molecule has 2 aliphatic heterocycles. The first-order valence-electron chi connectivity index (χ1n) is 11.1. The fourth-order valence-corrected chi connectivity index (χ4v) is 5.56. The highest BCUT2D eigenvalue weighted by Gasteiger charge is 2.25. The second-order valence-corrected chi connectivity index (χ2v) is 9.58. The van der Waals surface area contributed by atoms with Gasteiger partial charge >= 0.3 is 0 Å². The van der Waals surface area contributed by atoms with Crippen LogP contribution in [0.15, 0.2) is 60.8 Å². The lowest BCUT2D eigenvalue weighted by Gasteiger charge is -2.22. The van der Waals surface area contributed by atoms with E-state index in [0.29, 0.717) is 42.7 Å². The fraction of sp³-hybridized carbons (Fsp3) is 0.308. The van der Waals surface area contributed by atoms with Gasteiger partial charge in [-0.05, 0) is 65.2 Å². The summed E-state index contributed by atoms with van der Waals surface area (Å²) in [5.41, 5.74) is 11.1. The minimum absolute atomic E-state index is 0.00698. The van der Waals surface area contributed by atoms with Gasteiger partial charge in [-0.1, -0.05) is 36.4 Å². The van der Waals surface area contributed by atoms with E-state index < -0.39 is 0 Å². The second-order valence-electron chi connectivity index (χ2n) is 8.36. The van der Waals surface area contributed by atoms with E-state index >= 15 is 0 Å². The number of hydrogen-bond donors (Lipinski definition) is 1. The molecule has 2 aromatic carbocycles. The Labute approximate surface area is 193 Å². The molecule has 6 heteroatoms. The van der Waals surface area contributed by atoms with Gasteiger partial charge in [0.2, 0.25) is 0 Å². The highest BCUT2D eigenvalue weighted by Crippen LogP contribution is 2.36. The second kappa shape index (κ2) is 9.25. The minimum atomic E-state index is -0.00698. The number of rotatable bonds is 4. The fourth-order valence-electron chi connectivity index (χ4n) is 4.46. The monoisotopic (exact) mass is 445 g/mol. The predicted molar refractivity (Wildman–Crippen MR) is 130 cm³/mol. The molecule has 0 radical (unpaired) electrons. The number of pyridine rings is 1. The van der Waals surface area contributed by atoms with Gasteiger partial charge < -0.3 is 15.4 Å². The van der Waals surface area contributed by atoms with Crippen molar-refractivity contribution in [3.05, 3.63) is 77.5 Å². The number of anilines is 1. The number of carbonyl (C=O) groups is 1. The van der Waals surface area contributed by atoms with E-state index in [2.05, 4.69) is 11.1 Å². The molecular formula is C26H27N3O2S. The number of nitrogen functional groups attached to an aromatic ring is 1. The zero-order valence-corrected chi connectivity index (χ0v) is 18.8. The normalized spacial score (nSPS) is 16.9. The van der Waals surface area contributed by atoms with Crippen LogP contribution in [-0.2, 0) is 6.54 Å². The largest absolute Gasteiger partial charge is 0.491 e. The van der Waals surface area contributed by atoms with Crippen LogP contribution in [0.3, 0.4) is 0 Å². The van der Waals surface area contributed by atoms with E-state index in [1.165, 1.54) is 29.9 Å². The van der Waals surface area contributed by atoms with Crippen LogP contribution in [0.4, 0.5) is 5.82 Å². The summed E-state index contributed by atoms with van der Waals surface area (Å²) < 4.78 is 6.01. The Bertz CT molecular complexity index is 1110. The zero-order chi connectivity index (χ0) is 21.9. The molecule has 1 amide bonds. The molecule has 1 saturated heterocycles. The first kappa shape index (κ1) is 20.9. The maximum absolute atomic E-state index is 13.2. The summed E-state index contributed by atoms with van der Waals surface area (Å²) in [6.07, 6.45) is 4.27. The van der Waals surface area contributed by atoms with Crippen molar-refractivity contribution in [1.29, 1.82) is 0 Å². The van der Waals surface area contributed by atoms with E-state index in [4.69, 9.17) is 10.5 Å².